The molecule has 1 saturated carbocycles. The van der Waals surface area contributed by atoms with Gasteiger partial charge in [-0.15, -0.1) is 0 Å². The van der Waals surface area contributed by atoms with Gasteiger partial charge >= 0.3 is 5.97 Å². The molecular formula is C15H23N3O2. The molecular weight excluding hydrogens is 254 g/mol. The quantitative estimate of drug-likeness (QED) is 0.897. The fourth-order valence-electron chi connectivity index (χ4n) is 3.22. The Kier molecular flexibility index (Phi) is 3.54. The summed E-state index contributed by atoms with van der Waals surface area (Å²) < 4.78 is 2.29. The molecule has 0 spiro atoms. The van der Waals surface area contributed by atoms with E-state index in [9.17, 15) is 9.90 Å². The van der Waals surface area contributed by atoms with Gasteiger partial charge in [0.25, 0.3) is 0 Å². The highest BCUT2D eigenvalue weighted by atomic mass is 16.4. The lowest BCUT2D eigenvalue weighted by Crippen LogP contribution is -2.43. The summed E-state index contributed by atoms with van der Waals surface area (Å²) >= 11 is 0. The molecule has 0 radical (unpaired) electrons. The summed E-state index contributed by atoms with van der Waals surface area (Å²) in [5.74, 6) is -0.623. The highest BCUT2D eigenvalue weighted by Gasteiger charge is 2.40. The van der Waals surface area contributed by atoms with Gasteiger partial charge in [-0.3, -0.25) is 9.69 Å². The number of aliphatic carboxylic acids is 1. The van der Waals surface area contributed by atoms with Crippen molar-refractivity contribution in [1.82, 2.24) is 14.5 Å². The van der Waals surface area contributed by atoms with Crippen LogP contribution in [0.2, 0.25) is 0 Å². The van der Waals surface area contributed by atoms with Gasteiger partial charge in [-0.1, -0.05) is 6.92 Å². The van der Waals surface area contributed by atoms with Crippen LogP contribution in [0, 0.1) is 5.41 Å². The second-order valence-corrected chi connectivity index (χ2v) is 6.24. The summed E-state index contributed by atoms with van der Waals surface area (Å²) in [7, 11) is 0. The van der Waals surface area contributed by atoms with Crippen molar-refractivity contribution in [3.05, 3.63) is 18.2 Å². The number of piperidine rings is 1. The minimum atomic E-state index is -0.623. The molecule has 1 aromatic heterocycles. The van der Waals surface area contributed by atoms with Gasteiger partial charge in [-0.05, 0) is 45.2 Å². The summed E-state index contributed by atoms with van der Waals surface area (Å²) in [4.78, 5) is 18.1. The Morgan fingerprint density at radius 2 is 2.15 bits per heavy atom. The zero-order valence-corrected chi connectivity index (χ0v) is 12.1. The van der Waals surface area contributed by atoms with Crippen molar-refractivity contribution in [2.24, 2.45) is 5.41 Å². The Balaban J connectivity index is 1.61. The van der Waals surface area contributed by atoms with Gasteiger partial charge in [0.05, 0.1) is 17.4 Å². The predicted octanol–water partition coefficient (Wildman–Crippen LogP) is 2.29. The van der Waals surface area contributed by atoms with Crippen LogP contribution in [0.25, 0.3) is 0 Å². The first-order valence-electron chi connectivity index (χ1n) is 7.61. The molecule has 1 aromatic rings. The van der Waals surface area contributed by atoms with E-state index in [1.807, 2.05) is 19.4 Å². The van der Waals surface area contributed by atoms with Crippen molar-refractivity contribution in [3.8, 4) is 0 Å². The summed E-state index contributed by atoms with van der Waals surface area (Å²) in [5, 5.41) is 9.42. The standard InChI is InChI=1S/C15H23N3O2/c1-2-15(14(19)20)5-7-17(8-6-15)10-13-9-16-11-18(13)12-3-4-12/h9,11-12H,2-8,10H2,1H3,(H,19,20). The molecule has 0 amide bonds. The molecule has 1 aliphatic heterocycles. The van der Waals surface area contributed by atoms with Gasteiger partial charge in [0.1, 0.15) is 0 Å². The first-order chi connectivity index (χ1) is 9.64. The van der Waals surface area contributed by atoms with Crippen LogP contribution in [0.15, 0.2) is 12.5 Å². The van der Waals surface area contributed by atoms with Gasteiger partial charge in [-0.2, -0.15) is 0 Å². The summed E-state index contributed by atoms with van der Waals surface area (Å²) in [5.41, 5.74) is 0.777. The maximum atomic E-state index is 11.5. The maximum Gasteiger partial charge on any atom is 0.309 e. The van der Waals surface area contributed by atoms with Crippen LogP contribution in [-0.2, 0) is 11.3 Å². The van der Waals surface area contributed by atoms with E-state index < -0.39 is 11.4 Å². The van der Waals surface area contributed by atoms with Gasteiger partial charge in [0, 0.05) is 18.8 Å². The fraction of sp³-hybridized carbons (Fsp3) is 0.733. The normalized spacial score (nSPS) is 22.9. The highest BCUT2D eigenvalue weighted by molar-refractivity contribution is 5.74. The average molecular weight is 277 g/mol. The Morgan fingerprint density at radius 3 is 2.70 bits per heavy atom. The van der Waals surface area contributed by atoms with Crippen molar-refractivity contribution < 1.29 is 9.90 Å². The van der Waals surface area contributed by atoms with Crippen LogP contribution in [0.1, 0.15) is 50.8 Å². The van der Waals surface area contributed by atoms with Crippen molar-refractivity contribution in [1.29, 1.82) is 0 Å². The fourth-order valence-corrected chi connectivity index (χ4v) is 3.22. The first kappa shape index (κ1) is 13.6. The molecule has 5 nitrogen and oxygen atoms in total. The van der Waals surface area contributed by atoms with Crippen LogP contribution >= 0.6 is 0 Å². The molecule has 1 N–H and O–H groups in total. The second-order valence-electron chi connectivity index (χ2n) is 6.24. The van der Waals surface area contributed by atoms with Gasteiger partial charge in [0.15, 0.2) is 0 Å². The highest BCUT2D eigenvalue weighted by Crippen LogP contribution is 2.37. The summed E-state index contributed by atoms with van der Waals surface area (Å²) in [6.07, 6.45) is 8.67. The molecule has 110 valence electrons. The molecule has 3 rings (SSSR count). The van der Waals surface area contributed by atoms with Gasteiger partial charge in [0.2, 0.25) is 0 Å². The largest absolute Gasteiger partial charge is 0.481 e. The number of carboxylic acid groups (broad SMARTS) is 1. The van der Waals surface area contributed by atoms with Crippen LogP contribution in [0.4, 0.5) is 0 Å². The van der Waals surface area contributed by atoms with Crippen LogP contribution in [-0.4, -0.2) is 38.6 Å². The molecule has 0 aromatic carbocycles. The summed E-state index contributed by atoms with van der Waals surface area (Å²) in [6.45, 7) is 4.63. The molecule has 0 atom stereocenters. The predicted molar refractivity (Wildman–Crippen MR) is 75.4 cm³/mol. The first-order valence-corrected chi connectivity index (χ1v) is 7.61. The number of carbonyl (C=O) groups is 1. The van der Waals surface area contributed by atoms with E-state index in [-0.39, 0.29) is 0 Å². The molecule has 2 heterocycles. The van der Waals surface area contributed by atoms with E-state index in [2.05, 4.69) is 14.5 Å². The number of hydrogen-bond donors (Lipinski definition) is 1. The van der Waals surface area contributed by atoms with Crippen LogP contribution < -0.4 is 0 Å². The molecule has 0 bridgehead atoms. The third-order valence-corrected chi connectivity index (χ3v) is 5.02. The molecule has 2 aliphatic rings. The van der Waals surface area contributed by atoms with Crippen molar-refractivity contribution in [3.63, 3.8) is 0 Å². The van der Waals surface area contributed by atoms with Gasteiger partial charge < -0.3 is 9.67 Å². The Morgan fingerprint density at radius 1 is 1.45 bits per heavy atom. The lowest BCUT2D eigenvalue weighted by molar-refractivity contribution is -0.152. The number of hydrogen-bond acceptors (Lipinski definition) is 3. The lowest BCUT2D eigenvalue weighted by Gasteiger charge is -2.38. The Bertz CT molecular complexity index is 485. The van der Waals surface area contributed by atoms with E-state index in [0.29, 0.717) is 6.04 Å². The maximum absolute atomic E-state index is 11.5. The van der Waals surface area contributed by atoms with Crippen molar-refractivity contribution in [2.75, 3.05) is 13.1 Å². The van der Waals surface area contributed by atoms with E-state index >= 15 is 0 Å². The smallest absolute Gasteiger partial charge is 0.309 e. The molecule has 1 saturated heterocycles. The number of rotatable bonds is 5. The minimum Gasteiger partial charge on any atom is -0.481 e. The van der Waals surface area contributed by atoms with E-state index in [1.165, 1.54) is 18.5 Å². The van der Waals surface area contributed by atoms with Crippen molar-refractivity contribution >= 4 is 5.97 Å². The second kappa shape index (κ2) is 5.20. The molecule has 0 unspecified atom stereocenters. The number of imidazole rings is 1. The molecule has 5 heteroatoms. The monoisotopic (exact) mass is 277 g/mol. The number of nitrogens with zero attached hydrogens (tertiary/aromatic N) is 3. The topological polar surface area (TPSA) is 58.4 Å². The average Bonchev–Trinajstić information content (AvgIpc) is 3.20. The van der Waals surface area contributed by atoms with E-state index in [1.54, 1.807) is 0 Å². The Labute approximate surface area is 119 Å². The third kappa shape index (κ3) is 2.46. The molecule has 20 heavy (non-hydrogen) atoms. The Hall–Kier alpha value is -1.36. The third-order valence-electron chi connectivity index (χ3n) is 5.02. The molecule has 1 aliphatic carbocycles. The van der Waals surface area contributed by atoms with Gasteiger partial charge in [-0.25, -0.2) is 4.98 Å². The SMILES string of the molecule is CCC1(C(=O)O)CCN(Cc2cncn2C2CC2)CC1. The van der Waals surface area contributed by atoms with Crippen LogP contribution in [0.3, 0.4) is 0 Å². The number of carboxylic acids is 1. The number of aromatic nitrogens is 2. The van der Waals surface area contributed by atoms with Crippen LogP contribution in [0.5, 0.6) is 0 Å². The lowest BCUT2D eigenvalue weighted by atomic mass is 9.76. The minimum absolute atomic E-state index is 0.493. The zero-order chi connectivity index (χ0) is 14.2. The van der Waals surface area contributed by atoms with Crippen molar-refractivity contribution in [2.45, 2.75) is 51.6 Å². The molecule has 2 fully saturated rings. The summed E-state index contributed by atoms with van der Waals surface area (Å²) in [6, 6.07) is 0.658. The number of likely N-dealkylation sites (tertiary alicyclic amines) is 1. The van der Waals surface area contributed by atoms with E-state index in [4.69, 9.17) is 0 Å². The van der Waals surface area contributed by atoms with E-state index in [0.717, 1.165) is 38.9 Å². The zero-order valence-electron chi connectivity index (χ0n) is 12.1.